The highest BCUT2D eigenvalue weighted by atomic mass is 19.4. The van der Waals surface area contributed by atoms with Gasteiger partial charge < -0.3 is 60.0 Å². The number of rotatable bonds is 12. The normalized spacial score (nSPS) is 26.5. The van der Waals surface area contributed by atoms with Gasteiger partial charge in [0.1, 0.15) is 71.1 Å². The van der Waals surface area contributed by atoms with Crippen LogP contribution < -0.4 is 16.0 Å². The molecule has 2 bridgehead atoms. The average molecular weight is 1540 g/mol. The molecule has 12 amide bonds. The Morgan fingerprint density at radius 2 is 1.28 bits per heavy atom. The van der Waals surface area contributed by atoms with Gasteiger partial charge in [0.2, 0.25) is 70.9 Å². The standard InChI is InChI=1S/C74H98F10N12O12/c1-11-42(3)60-68(106)90(6)40-58(99)91(7)51-21-14-13-17-32-95(67(51)105)54(36-44-24-27-47(28-25-44)73(79,80)81)66(104)89(5)39-56(97)85-50(29-26-45-33-48(75)59(49(76)34-45)74(82,83)84)64(102)96-41-72(77,78)38-55(96)63(101)87-71(30-18-31-71)70(108)94(10)61(46-19-15-16-20-46)69(107)93(9)53(65(103)88(4)12-2)37-57(98)92(8)52(62(100)86-60)35-43-22-23-43/h13-14,24-25,27-28,33-34,42-43,46,50-55,60-61H,11-12,15-23,26,29-32,35-41H2,1-10H3,(H,85,97)(H,86,100)(H,87,101)/b14-13-/t42-,50-,51-,52-,53-,54-,55-,60-,61-/m0/s1. The monoisotopic (exact) mass is 1540 g/mol. The summed E-state index contributed by atoms with van der Waals surface area (Å²) in [6, 6.07) is -8.88. The van der Waals surface area contributed by atoms with E-state index in [0.717, 1.165) is 65.6 Å². The quantitative estimate of drug-likeness (QED) is 0.160. The molecule has 596 valence electrons. The van der Waals surface area contributed by atoms with Crippen LogP contribution in [0.4, 0.5) is 43.9 Å². The third-order valence-corrected chi connectivity index (χ3v) is 22.3. The van der Waals surface area contributed by atoms with Crippen LogP contribution in [0, 0.1) is 29.4 Å². The molecular weight excluding hydrogens is 1440 g/mol. The van der Waals surface area contributed by atoms with Crippen LogP contribution in [-0.2, 0) is 82.7 Å². The molecule has 0 unspecified atom stereocenters. The Kier molecular flexibility index (Phi) is 27.3. The van der Waals surface area contributed by atoms with Crippen LogP contribution in [0.2, 0.25) is 0 Å². The number of nitrogens with one attached hydrogen (secondary N) is 3. The van der Waals surface area contributed by atoms with E-state index in [1.165, 1.54) is 47.2 Å². The second-order valence-corrected chi connectivity index (χ2v) is 29.9. The van der Waals surface area contributed by atoms with Crippen LogP contribution >= 0.6 is 0 Å². The highest BCUT2D eigenvalue weighted by molar-refractivity contribution is 6.01. The van der Waals surface area contributed by atoms with E-state index in [9.17, 15) is 59.9 Å². The lowest BCUT2D eigenvalue weighted by Gasteiger charge is -2.46. The number of carbonyl (C=O) groups excluding carboxylic acids is 12. The first-order valence-electron chi connectivity index (χ1n) is 36.6. The van der Waals surface area contributed by atoms with Crippen molar-refractivity contribution in [3.05, 3.63) is 82.4 Å². The van der Waals surface area contributed by atoms with Crippen molar-refractivity contribution in [1.82, 2.24) is 60.0 Å². The molecule has 3 heterocycles. The third-order valence-electron chi connectivity index (χ3n) is 22.3. The largest absolute Gasteiger partial charge is 0.422 e. The van der Waals surface area contributed by atoms with E-state index < -0.39 is 235 Å². The van der Waals surface area contributed by atoms with Crippen molar-refractivity contribution >= 4 is 70.9 Å². The van der Waals surface area contributed by atoms with Crippen LogP contribution in [0.1, 0.15) is 146 Å². The molecule has 3 aliphatic heterocycles. The minimum absolute atomic E-state index is 0.0351. The van der Waals surface area contributed by atoms with Crippen molar-refractivity contribution in [2.24, 2.45) is 17.8 Å². The lowest BCUT2D eigenvalue weighted by molar-refractivity contribution is -0.158. The molecule has 24 nitrogen and oxygen atoms in total. The zero-order valence-electron chi connectivity index (χ0n) is 62.4. The van der Waals surface area contributed by atoms with Gasteiger partial charge in [0.05, 0.1) is 31.6 Å². The van der Waals surface area contributed by atoms with Gasteiger partial charge >= 0.3 is 12.4 Å². The van der Waals surface area contributed by atoms with Crippen molar-refractivity contribution in [2.75, 3.05) is 82.1 Å². The van der Waals surface area contributed by atoms with Gasteiger partial charge in [0.15, 0.2) is 0 Å². The average Bonchev–Trinajstić information content (AvgIpc) is 1.19. The number of fused-ring (bicyclic) bond motifs is 3. The fourth-order valence-corrected chi connectivity index (χ4v) is 15.0. The molecule has 0 radical (unpaired) electrons. The van der Waals surface area contributed by atoms with E-state index in [1.807, 2.05) is 0 Å². The molecule has 3 saturated carbocycles. The summed E-state index contributed by atoms with van der Waals surface area (Å²) in [5, 5.41) is 7.76. The SMILES string of the molecule is CC[C@H](C)[C@@H]1NC(=O)[C@H](CC2CC2)N(C)C(=O)C[C@@H](C(=O)N(C)CC)N(C)C(=O)[C@H](C2CCCC2)N(C)C(=O)C2(CCC2)NC(=O)[C@@H]2CC(F)(F)CN2C(=O)[C@H](CCc2cc(F)c(C(F)(F)F)c(F)c2)NC(=O)CN(C)C(=O)[C@H](Cc2ccc(C(F)(F)F)cc2)N2CC/C=C\C[C@@H](C2=O)N(C)C(=O)CN(C)C1=O. The summed E-state index contributed by atoms with van der Waals surface area (Å²) in [7, 11) is 8.99. The number of nitrogens with zero attached hydrogens (tertiary/aromatic N) is 9. The number of hydrogen-bond acceptors (Lipinski definition) is 12. The summed E-state index contributed by atoms with van der Waals surface area (Å²) >= 11 is 0. The maximum absolute atomic E-state index is 16.1. The fourth-order valence-electron chi connectivity index (χ4n) is 15.0. The van der Waals surface area contributed by atoms with E-state index in [0.29, 0.717) is 62.0 Å². The number of alkyl halides is 8. The zero-order chi connectivity index (χ0) is 80.0. The second-order valence-electron chi connectivity index (χ2n) is 29.9. The Labute approximate surface area is 620 Å². The Morgan fingerprint density at radius 3 is 1.84 bits per heavy atom. The number of halogens is 10. The first kappa shape index (κ1) is 84.7. The first-order chi connectivity index (χ1) is 50.5. The van der Waals surface area contributed by atoms with Crippen molar-refractivity contribution in [3.63, 3.8) is 0 Å². The topological polar surface area (TPSA) is 270 Å². The Balaban J connectivity index is 1.22. The maximum atomic E-state index is 16.1. The van der Waals surface area contributed by atoms with Gasteiger partial charge in [0.25, 0.3) is 5.92 Å². The summed E-state index contributed by atoms with van der Waals surface area (Å²) in [4.78, 5) is 189. The molecule has 108 heavy (non-hydrogen) atoms. The number of likely N-dealkylation sites (N-methyl/N-ethyl adjacent to an activating group) is 7. The molecule has 34 heteroatoms. The van der Waals surface area contributed by atoms with Gasteiger partial charge in [-0.25, -0.2) is 17.6 Å². The number of benzene rings is 2. The number of hydrogen-bond donors (Lipinski definition) is 3. The zero-order valence-corrected chi connectivity index (χ0v) is 62.4. The Bertz CT molecular complexity index is 3710. The van der Waals surface area contributed by atoms with Gasteiger partial charge in [-0.1, -0.05) is 70.2 Å². The van der Waals surface area contributed by atoms with Crippen LogP contribution in [0.5, 0.6) is 0 Å². The summed E-state index contributed by atoms with van der Waals surface area (Å²) in [5.41, 5.74) is -5.75. The number of carbonyl (C=O) groups is 12. The summed E-state index contributed by atoms with van der Waals surface area (Å²) in [6.45, 7) is 1.58. The molecule has 0 aromatic heterocycles. The van der Waals surface area contributed by atoms with E-state index in [-0.39, 0.29) is 63.1 Å². The van der Waals surface area contributed by atoms with E-state index in [2.05, 4.69) is 16.0 Å². The molecule has 8 rings (SSSR count). The molecule has 2 saturated heterocycles. The van der Waals surface area contributed by atoms with E-state index in [1.54, 1.807) is 32.9 Å². The summed E-state index contributed by atoms with van der Waals surface area (Å²) < 4.78 is 146. The predicted molar refractivity (Wildman–Crippen MR) is 371 cm³/mol. The van der Waals surface area contributed by atoms with E-state index >= 15 is 41.5 Å². The Morgan fingerprint density at radius 1 is 0.657 bits per heavy atom. The lowest BCUT2D eigenvalue weighted by Crippen LogP contribution is -2.68. The van der Waals surface area contributed by atoms with Crippen molar-refractivity contribution in [3.8, 4) is 0 Å². The van der Waals surface area contributed by atoms with Gasteiger partial charge in [-0.15, -0.1) is 0 Å². The second kappa shape index (κ2) is 34.8. The van der Waals surface area contributed by atoms with Crippen LogP contribution in [0.3, 0.4) is 0 Å². The van der Waals surface area contributed by atoms with Crippen LogP contribution in [0.15, 0.2) is 48.6 Å². The van der Waals surface area contributed by atoms with Crippen LogP contribution in [-0.4, -0.2) is 257 Å². The molecule has 1 spiro atoms. The van der Waals surface area contributed by atoms with Gasteiger partial charge in [-0.2, -0.15) is 26.3 Å². The molecular formula is C74H98F10N12O12. The summed E-state index contributed by atoms with van der Waals surface area (Å²) in [6.07, 6.45) is -7.67. The van der Waals surface area contributed by atoms with Gasteiger partial charge in [0, 0.05) is 75.3 Å². The molecule has 9 atom stereocenters. The minimum atomic E-state index is -5.52. The molecule has 3 aliphatic carbocycles. The number of amides is 12. The van der Waals surface area contributed by atoms with E-state index in [4.69, 9.17) is 0 Å². The number of aryl methyl sites for hydroxylation is 1. The van der Waals surface area contributed by atoms with Crippen LogP contribution in [0.25, 0.3) is 0 Å². The lowest BCUT2D eigenvalue weighted by atomic mass is 9.74. The third kappa shape index (κ3) is 19.8. The van der Waals surface area contributed by atoms with Crippen molar-refractivity contribution < 1.29 is 101 Å². The maximum Gasteiger partial charge on any atom is 0.422 e. The van der Waals surface area contributed by atoms with Gasteiger partial charge in [-0.05, 0) is 124 Å². The van der Waals surface area contributed by atoms with Crippen molar-refractivity contribution in [1.29, 1.82) is 0 Å². The Hall–Kier alpha value is -8.88. The first-order valence-corrected chi connectivity index (χ1v) is 36.6. The predicted octanol–water partition coefficient (Wildman–Crippen LogP) is 6.11. The van der Waals surface area contributed by atoms with Gasteiger partial charge in [-0.3, -0.25) is 57.5 Å². The molecule has 5 fully saturated rings. The molecule has 2 aromatic carbocycles. The molecule has 3 N–H and O–H groups in total. The molecule has 2 aromatic rings. The highest BCUT2D eigenvalue weighted by Crippen LogP contribution is 2.41. The molecule has 6 aliphatic rings. The fraction of sp³-hybridized carbons (Fsp3) is 0.649. The minimum Gasteiger partial charge on any atom is -0.344 e. The summed E-state index contributed by atoms with van der Waals surface area (Å²) in [5.74, 6) is -20.7. The van der Waals surface area contributed by atoms with Crippen molar-refractivity contribution in [2.45, 2.75) is 208 Å². The highest BCUT2D eigenvalue weighted by Gasteiger charge is 2.56. The smallest absolute Gasteiger partial charge is 0.344 e.